The van der Waals surface area contributed by atoms with Crippen molar-refractivity contribution in [2.75, 3.05) is 49.6 Å². The van der Waals surface area contributed by atoms with Gasteiger partial charge in [0.1, 0.15) is 23.6 Å². The minimum Gasteiger partial charge on any atom is -0.383 e. The molecule has 230 valence electrons. The number of nitrogens with zero attached hydrogens (tertiary/aromatic N) is 5. The molecule has 3 aliphatic rings. The minimum absolute atomic E-state index is 0.0427. The first-order valence-corrected chi connectivity index (χ1v) is 14.6. The third-order valence-corrected chi connectivity index (χ3v) is 8.92. The zero-order valence-electron chi connectivity index (χ0n) is 24.0. The lowest BCUT2D eigenvalue weighted by molar-refractivity contribution is -0.138. The summed E-state index contributed by atoms with van der Waals surface area (Å²) in [6, 6.07) is 7.53. The molecular formula is C31H32F4N8O. The number of fused-ring (bicyclic) bond motifs is 2. The van der Waals surface area contributed by atoms with E-state index in [0.717, 1.165) is 45.1 Å². The van der Waals surface area contributed by atoms with Gasteiger partial charge < -0.3 is 25.8 Å². The second-order valence-electron chi connectivity index (χ2n) is 12.2. The number of urea groups is 1. The molecule has 4 aromatic rings. The van der Waals surface area contributed by atoms with Crippen LogP contribution in [-0.4, -0.2) is 63.6 Å². The van der Waals surface area contributed by atoms with E-state index in [4.69, 9.17) is 5.73 Å². The predicted octanol–water partition coefficient (Wildman–Crippen LogP) is 5.81. The van der Waals surface area contributed by atoms with Gasteiger partial charge in [-0.2, -0.15) is 13.2 Å². The van der Waals surface area contributed by atoms with Crippen molar-refractivity contribution in [1.82, 2.24) is 24.3 Å². The smallest absolute Gasteiger partial charge is 0.383 e. The molecule has 2 aliphatic heterocycles. The van der Waals surface area contributed by atoms with E-state index in [0.29, 0.717) is 40.0 Å². The van der Waals surface area contributed by atoms with Crippen LogP contribution in [0.5, 0.6) is 0 Å². The molecule has 4 N–H and O–H groups in total. The third kappa shape index (κ3) is 5.45. The SMILES string of the molecule is CN1CC2CN(Cc3ccc(NC(=O)Nc4ccc(-c5cn(C6CC6)c6ncnc(N)c56)cc4F)cc3C(F)(F)F)C[C@@H]2C1. The molecule has 0 radical (unpaired) electrons. The van der Waals surface area contributed by atoms with Gasteiger partial charge in [0.15, 0.2) is 0 Å². The number of nitrogens with one attached hydrogen (secondary N) is 2. The first-order chi connectivity index (χ1) is 21.0. The highest BCUT2D eigenvalue weighted by atomic mass is 19.4. The molecule has 3 fully saturated rings. The Balaban J connectivity index is 1.06. The molecule has 0 spiro atoms. The highest BCUT2D eigenvalue weighted by molar-refractivity contribution is 6.02. The van der Waals surface area contributed by atoms with E-state index >= 15 is 4.39 Å². The van der Waals surface area contributed by atoms with E-state index in [1.54, 1.807) is 6.07 Å². The molecule has 2 aromatic carbocycles. The minimum atomic E-state index is -4.60. The van der Waals surface area contributed by atoms with Gasteiger partial charge in [-0.05, 0) is 67.1 Å². The largest absolute Gasteiger partial charge is 0.416 e. The van der Waals surface area contributed by atoms with Crippen molar-refractivity contribution in [1.29, 1.82) is 0 Å². The molecule has 1 unspecified atom stereocenters. The Kier molecular flexibility index (Phi) is 6.96. The number of hydrogen-bond acceptors (Lipinski definition) is 6. The van der Waals surface area contributed by atoms with Gasteiger partial charge in [-0.1, -0.05) is 12.1 Å². The number of rotatable bonds is 6. The summed E-state index contributed by atoms with van der Waals surface area (Å²) in [7, 11) is 2.07. The van der Waals surface area contributed by atoms with Crippen molar-refractivity contribution < 1.29 is 22.4 Å². The number of carbonyl (C=O) groups is 1. The summed E-state index contributed by atoms with van der Waals surface area (Å²) in [6.07, 6.45) is 0.721. The lowest BCUT2D eigenvalue weighted by atomic mass is 10.0. The zero-order chi connectivity index (χ0) is 30.7. The molecule has 0 bridgehead atoms. The fourth-order valence-corrected chi connectivity index (χ4v) is 6.78. The molecule has 4 heterocycles. The zero-order valence-corrected chi connectivity index (χ0v) is 24.0. The molecular weight excluding hydrogens is 576 g/mol. The van der Waals surface area contributed by atoms with E-state index in [-0.39, 0.29) is 29.3 Å². The Bertz CT molecular complexity index is 1740. The van der Waals surface area contributed by atoms with Crippen molar-refractivity contribution in [3.05, 3.63) is 65.9 Å². The summed E-state index contributed by atoms with van der Waals surface area (Å²) < 4.78 is 59.4. The molecule has 2 saturated heterocycles. The van der Waals surface area contributed by atoms with Crippen LogP contribution in [-0.2, 0) is 12.7 Å². The highest BCUT2D eigenvalue weighted by Crippen LogP contribution is 2.42. The van der Waals surface area contributed by atoms with Crippen LogP contribution in [0.15, 0.2) is 48.9 Å². The van der Waals surface area contributed by atoms with Gasteiger partial charge in [-0.15, -0.1) is 0 Å². The quantitative estimate of drug-likeness (QED) is 0.239. The maximum absolute atomic E-state index is 15.2. The fraction of sp³-hybridized carbons (Fsp3) is 0.387. The number of aromatic nitrogens is 3. The normalized spacial score (nSPS) is 20.8. The fourth-order valence-electron chi connectivity index (χ4n) is 6.78. The van der Waals surface area contributed by atoms with Gasteiger partial charge in [0.05, 0.1) is 16.6 Å². The Morgan fingerprint density at radius 2 is 1.77 bits per heavy atom. The second kappa shape index (κ2) is 10.7. The van der Waals surface area contributed by atoms with Crippen LogP contribution in [0.25, 0.3) is 22.2 Å². The summed E-state index contributed by atoms with van der Waals surface area (Å²) in [4.78, 5) is 25.5. The number of halogens is 4. The second-order valence-corrected chi connectivity index (χ2v) is 12.2. The summed E-state index contributed by atoms with van der Waals surface area (Å²) in [5.41, 5.74) is 7.22. The Morgan fingerprint density at radius 3 is 2.45 bits per heavy atom. The topological polar surface area (TPSA) is 104 Å². The summed E-state index contributed by atoms with van der Waals surface area (Å²) in [5, 5.41) is 5.45. The van der Waals surface area contributed by atoms with Crippen LogP contribution in [0, 0.1) is 17.7 Å². The van der Waals surface area contributed by atoms with E-state index in [1.165, 1.54) is 30.6 Å². The molecule has 9 nitrogen and oxygen atoms in total. The van der Waals surface area contributed by atoms with Crippen LogP contribution in [0.1, 0.15) is 30.0 Å². The lowest BCUT2D eigenvalue weighted by Gasteiger charge is -2.22. The molecule has 2 amide bonds. The first kappa shape index (κ1) is 28.5. The van der Waals surface area contributed by atoms with Crippen LogP contribution < -0.4 is 16.4 Å². The van der Waals surface area contributed by atoms with Gasteiger partial charge in [-0.25, -0.2) is 19.2 Å². The molecule has 7 rings (SSSR count). The maximum atomic E-state index is 15.2. The van der Waals surface area contributed by atoms with E-state index in [9.17, 15) is 18.0 Å². The van der Waals surface area contributed by atoms with Crippen LogP contribution in [0.2, 0.25) is 0 Å². The number of anilines is 3. The number of amides is 2. The molecule has 2 aromatic heterocycles. The Hall–Kier alpha value is -4.23. The number of likely N-dealkylation sites (tertiary alicyclic amines) is 2. The van der Waals surface area contributed by atoms with Crippen LogP contribution >= 0.6 is 0 Å². The number of hydrogen-bond donors (Lipinski definition) is 3. The van der Waals surface area contributed by atoms with E-state index in [1.807, 2.05) is 10.8 Å². The third-order valence-electron chi connectivity index (χ3n) is 8.92. The van der Waals surface area contributed by atoms with Crippen molar-refractivity contribution in [2.45, 2.75) is 31.6 Å². The monoisotopic (exact) mass is 608 g/mol. The van der Waals surface area contributed by atoms with Crippen molar-refractivity contribution in [3.8, 4) is 11.1 Å². The average molecular weight is 609 g/mol. The predicted molar refractivity (Wildman–Crippen MR) is 159 cm³/mol. The van der Waals surface area contributed by atoms with Crippen molar-refractivity contribution >= 4 is 34.3 Å². The number of nitrogen functional groups attached to an aromatic ring is 1. The molecule has 44 heavy (non-hydrogen) atoms. The number of benzene rings is 2. The summed E-state index contributed by atoms with van der Waals surface area (Å²) in [5.74, 6) is 0.521. The Morgan fingerprint density at radius 1 is 1.02 bits per heavy atom. The Labute approximate surface area is 251 Å². The first-order valence-electron chi connectivity index (χ1n) is 14.6. The van der Waals surface area contributed by atoms with Crippen molar-refractivity contribution in [2.24, 2.45) is 11.8 Å². The summed E-state index contributed by atoms with van der Waals surface area (Å²) in [6.45, 7) is 3.64. The lowest BCUT2D eigenvalue weighted by Crippen LogP contribution is -2.27. The van der Waals surface area contributed by atoms with E-state index in [2.05, 4.69) is 37.4 Å². The molecule has 1 aliphatic carbocycles. The van der Waals surface area contributed by atoms with Gasteiger partial charge in [0.2, 0.25) is 0 Å². The van der Waals surface area contributed by atoms with Crippen LogP contribution in [0.3, 0.4) is 0 Å². The van der Waals surface area contributed by atoms with Gasteiger partial charge in [0, 0.05) is 56.2 Å². The molecule has 13 heteroatoms. The van der Waals surface area contributed by atoms with E-state index < -0.39 is 23.6 Å². The molecule has 2 atom stereocenters. The number of carbonyl (C=O) groups excluding carboxylic acids is 1. The maximum Gasteiger partial charge on any atom is 0.416 e. The van der Waals surface area contributed by atoms with Crippen molar-refractivity contribution in [3.63, 3.8) is 0 Å². The summed E-state index contributed by atoms with van der Waals surface area (Å²) >= 11 is 0. The molecule has 1 saturated carbocycles. The number of alkyl halides is 3. The average Bonchev–Trinajstić information content (AvgIpc) is 3.50. The highest BCUT2D eigenvalue weighted by Gasteiger charge is 2.40. The standard InChI is InChI=1S/C31H32F4N8O/c1-41-10-19-13-42(14-20(19)11-41)12-18-2-4-21(9-24(18)31(33,34)35)39-30(44)40-26-7-3-17(8-25(26)32)23-15-43(22-5-6-22)29-27(23)28(36)37-16-38-29/h2-4,7-9,15-16,19-20,22H,5-6,10-14H2,1H3,(H2,36,37,38)(H2,39,40,44)/t19-,20?/m0/s1. The van der Waals surface area contributed by atoms with Gasteiger partial charge in [-0.3, -0.25) is 4.90 Å². The van der Waals surface area contributed by atoms with Crippen LogP contribution in [0.4, 0.5) is 39.5 Å². The number of nitrogens with two attached hydrogens (primary N) is 1. The van der Waals surface area contributed by atoms with Gasteiger partial charge >= 0.3 is 12.2 Å². The van der Waals surface area contributed by atoms with Gasteiger partial charge in [0.25, 0.3) is 0 Å².